The first-order chi connectivity index (χ1) is 14.3. The molecule has 30 heavy (non-hydrogen) atoms. The number of rotatable bonds is 5. The molecule has 1 N–H and O–H groups in total. The van der Waals surface area contributed by atoms with Crippen molar-refractivity contribution in [1.82, 2.24) is 5.01 Å². The Morgan fingerprint density at radius 3 is 2.53 bits per heavy atom. The Bertz CT molecular complexity index is 1210. The second-order valence-corrected chi connectivity index (χ2v) is 9.56. The summed E-state index contributed by atoms with van der Waals surface area (Å²) in [4.78, 5) is 13.6. The van der Waals surface area contributed by atoms with E-state index in [1.807, 2.05) is 5.38 Å². The van der Waals surface area contributed by atoms with Gasteiger partial charge in [-0.15, -0.1) is 11.3 Å². The van der Waals surface area contributed by atoms with Crippen molar-refractivity contribution < 1.29 is 17.6 Å². The van der Waals surface area contributed by atoms with E-state index in [-0.39, 0.29) is 11.7 Å². The van der Waals surface area contributed by atoms with Crippen molar-refractivity contribution in [3.63, 3.8) is 0 Å². The molecule has 1 aromatic heterocycles. The van der Waals surface area contributed by atoms with Gasteiger partial charge >= 0.3 is 0 Å². The van der Waals surface area contributed by atoms with Gasteiger partial charge in [0.05, 0.1) is 28.6 Å². The zero-order valence-corrected chi connectivity index (χ0v) is 17.6. The molecule has 1 atom stereocenters. The van der Waals surface area contributed by atoms with Gasteiger partial charge in [-0.25, -0.2) is 17.8 Å². The fourth-order valence-corrected chi connectivity index (χ4v) is 4.57. The lowest BCUT2D eigenvalue weighted by molar-refractivity contribution is 0.0716. The molecular weight excluding hydrogens is 425 g/mol. The molecule has 0 aliphatic carbocycles. The van der Waals surface area contributed by atoms with E-state index < -0.39 is 16.1 Å². The Morgan fingerprint density at radius 2 is 1.87 bits per heavy atom. The van der Waals surface area contributed by atoms with Gasteiger partial charge in [0.25, 0.3) is 5.91 Å². The van der Waals surface area contributed by atoms with Gasteiger partial charge < -0.3 is 0 Å². The summed E-state index contributed by atoms with van der Waals surface area (Å²) in [6.45, 7) is 0. The standard InChI is InChI=1S/C21H18FN3O3S2/c1-30(27,28)24-17-6-3-2-5-16(17)18-13-19(14-8-10-15(22)11-9-14)25(23-18)21(26)20-7-4-12-29-20/h2-12,19,24H,13H2,1H3. The zero-order valence-electron chi connectivity index (χ0n) is 15.9. The molecule has 9 heteroatoms. The second-order valence-electron chi connectivity index (χ2n) is 6.87. The van der Waals surface area contributed by atoms with E-state index in [2.05, 4.69) is 9.82 Å². The SMILES string of the molecule is CS(=O)(=O)Nc1ccccc1C1=NN(C(=O)c2cccs2)C(c2ccc(F)cc2)C1. The number of carbonyl (C=O) groups excluding carboxylic acids is 1. The van der Waals surface area contributed by atoms with E-state index in [0.717, 1.165) is 11.8 Å². The van der Waals surface area contributed by atoms with Crippen LogP contribution < -0.4 is 4.72 Å². The molecule has 1 aliphatic heterocycles. The van der Waals surface area contributed by atoms with Gasteiger partial charge in [0, 0.05) is 12.0 Å². The van der Waals surface area contributed by atoms with Crippen LogP contribution in [0.25, 0.3) is 0 Å². The Morgan fingerprint density at radius 1 is 1.13 bits per heavy atom. The summed E-state index contributed by atoms with van der Waals surface area (Å²) in [5.41, 5.74) is 2.30. The first-order valence-electron chi connectivity index (χ1n) is 9.09. The van der Waals surface area contributed by atoms with E-state index in [0.29, 0.717) is 28.3 Å². The molecule has 0 saturated carbocycles. The highest BCUT2D eigenvalue weighted by Gasteiger charge is 2.34. The molecule has 1 unspecified atom stereocenters. The third-order valence-electron chi connectivity index (χ3n) is 4.64. The lowest BCUT2D eigenvalue weighted by Crippen LogP contribution is -2.26. The topological polar surface area (TPSA) is 78.8 Å². The van der Waals surface area contributed by atoms with Gasteiger partial charge in [-0.1, -0.05) is 36.4 Å². The summed E-state index contributed by atoms with van der Waals surface area (Å²) in [5, 5.41) is 7.77. The molecule has 0 bridgehead atoms. The zero-order chi connectivity index (χ0) is 21.3. The molecule has 0 fully saturated rings. The maximum absolute atomic E-state index is 13.4. The highest BCUT2D eigenvalue weighted by Crippen LogP contribution is 2.36. The number of nitrogens with one attached hydrogen (secondary N) is 1. The van der Waals surface area contributed by atoms with Crippen LogP contribution in [0.5, 0.6) is 0 Å². The summed E-state index contributed by atoms with van der Waals surface area (Å²) in [5.74, 6) is -0.625. The molecule has 0 saturated heterocycles. The van der Waals surface area contributed by atoms with Crippen molar-refractivity contribution >= 4 is 38.7 Å². The molecule has 0 spiro atoms. The molecule has 6 nitrogen and oxygen atoms in total. The number of para-hydroxylation sites is 1. The third-order valence-corrected chi connectivity index (χ3v) is 6.09. The van der Waals surface area contributed by atoms with Crippen molar-refractivity contribution in [2.24, 2.45) is 5.10 Å². The quantitative estimate of drug-likeness (QED) is 0.640. The molecule has 4 rings (SSSR count). The number of nitrogens with zero attached hydrogens (tertiary/aromatic N) is 2. The third kappa shape index (κ3) is 4.27. The number of halogens is 1. The molecule has 1 amide bonds. The summed E-state index contributed by atoms with van der Waals surface area (Å²) < 4.78 is 39.5. The molecule has 0 radical (unpaired) electrons. The normalized spacial score (nSPS) is 16.4. The van der Waals surface area contributed by atoms with E-state index in [1.165, 1.54) is 28.5 Å². The first-order valence-corrected chi connectivity index (χ1v) is 11.9. The van der Waals surface area contributed by atoms with Crippen LogP contribution in [-0.2, 0) is 10.0 Å². The fraction of sp³-hybridized carbons (Fsp3) is 0.143. The number of hydrazone groups is 1. The van der Waals surface area contributed by atoms with Gasteiger partial charge in [0.2, 0.25) is 10.0 Å². The first kappa shape index (κ1) is 20.2. The van der Waals surface area contributed by atoms with E-state index in [4.69, 9.17) is 0 Å². The van der Waals surface area contributed by atoms with Crippen LogP contribution in [0.2, 0.25) is 0 Å². The number of hydrogen-bond acceptors (Lipinski definition) is 5. The van der Waals surface area contributed by atoms with Gasteiger partial charge in [-0.05, 0) is 35.2 Å². The number of anilines is 1. The lowest BCUT2D eigenvalue weighted by atomic mass is 9.97. The minimum absolute atomic E-state index is 0.261. The molecular formula is C21H18FN3O3S2. The summed E-state index contributed by atoms with van der Waals surface area (Å²) >= 11 is 1.31. The summed E-state index contributed by atoms with van der Waals surface area (Å²) in [6.07, 6.45) is 1.44. The van der Waals surface area contributed by atoms with Crippen LogP contribution in [0.4, 0.5) is 10.1 Å². The smallest absolute Gasteiger partial charge is 0.283 e. The number of sulfonamides is 1. The van der Waals surface area contributed by atoms with Crippen molar-refractivity contribution in [1.29, 1.82) is 0 Å². The van der Waals surface area contributed by atoms with E-state index in [9.17, 15) is 17.6 Å². The van der Waals surface area contributed by atoms with Crippen LogP contribution in [0.15, 0.2) is 71.1 Å². The van der Waals surface area contributed by atoms with Crippen molar-refractivity contribution in [2.45, 2.75) is 12.5 Å². The predicted molar refractivity (Wildman–Crippen MR) is 116 cm³/mol. The lowest BCUT2D eigenvalue weighted by Gasteiger charge is -2.21. The Hall–Kier alpha value is -3.04. The van der Waals surface area contributed by atoms with Crippen LogP contribution in [0, 0.1) is 5.82 Å². The number of thiophene rings is 1. The van der Waals surface area contributed by atoms with E-state index >= 15 is 0 Å². The number of carbonyl (C=O) groups is 1. The number of hydrogen-bond donors (Lipinski definition) is 1. The molecule has 1 aliphatic rings. The second kappa shape index (κ2) is 8.00. The highest BCUT2D eigenvalue weighted by atomic mass is 32.2. The van der Waals surface area contributed by atoms with Gasteiger partial charge in [-0.3, -0.25) is 9.52 Å². The van der Waals surface area contributed by atoms with Crippen molar-refractivity contribution in [3.8, 4) is 0 Å². The van der Waals surface area contributed by atoms with Crippen molar-refractivity contribution in [2.75, 3.05) is 11.0 Å². The molecule has 2 aromatic carbocycles. The van der Waals surface area contributed by atoms with Crippen LogP contribution in [0.3, 0.4) is 0 Å². The average molecular weight is 444 g/mol. The Labute approximate surface area is 177 Å². The highest BCUT2D eigenvalue weighted by molar-refractivity contribution is 7.92. The van der Waals surface area contributed by atoms with E-state index in [1.54, 1.807) is 48.5 Å². The molecule has 154 valence electrons. The Kier molecular flexibility index (Phi) is 5.40. The summed E-state index contributed by atoms with van der Waals surface area (Å²) in [6, 6.07) is 15.9. The molecule has 2 heterocycles. The monoisotopic (exact) mass is 443 g/mol. The maximum atomic E-state index is 13.4. The minimum Gasteiger partial charge on any atom is -0.283 e. The van der Waals surface area contributed by atoms with Crippen LogP contribution in [0.1, 0.15) is 33.3 Å². The van der Waals surface area contributed by atoms with Crippen molar-refractivity contribution in [3.05, 3.63) is 87.9 Å². The molecule has 3 aromatic rings. The summed E-state index contributed by atoms with van der Waals surface area (Å²) in [7, 11) is -3.49. The Balaban J connectivity index is 1.76. The fourth-order valence-electron chi connectivity index (χ4n) is 3.34. The van der Waals surface area contributed by atoms with Crippen LogP contribution >= 0.6 is 11.3 Å². The van der Waals surface area contributed by atoms with Crippen LogP contribution in [-0.4, -0.2) is 31.3 Å². The largest absolute Gasteiger partial charge is 0.284 e. The number of amides is 1. The van der Waals surface area contributed by atoms with Gasteiger partial charge in [0.1, 0.15) is 5.82 Å². The average Bonchev–Trinajstić information content (AvgIpc) is 3.38. The maximum Gasteiger partial charge on any atom is 0.284 e. The predicted octanol–water partition coefficient (Wildman–Crippen LogP) is 4.25. The van der Waals surface area contributed by atoms with Gasteiger partial charge in [-0.2, -0.15) is 5.10 Å². The minimum atomic E-state index is -3.49. The number of benzene rings is 2. The van der Waals surface area contributed by atoms with Gasteiger partial charge in [0.15, 0.2) is 0 Å².